The SMILES string of the molecule is C[C@@H]1C(=O)[C@H](C)[C@H](c2ccc(Br)cc2)N[C@H]1c1ccc(Br)cc1. The standard InChI is InChI=1S/C19H19Br2NO/c1-11-17(13-3-7-15(20)8-4-13)22-18(12(2)19(11)23)14-5-9-16(21)10-6-14/h3-12,17-18,22H,1-2H3/t11-,12+,17-,18-/m1/s1. The first-order valence-corrected chi connectivity index (χ1v) is 9.36. The molecule has 2 aromatic carbocycles. The van der Waals surface area contributed by atoms with Gasteiger partial charge in [0.25, 0.3) is 0 Å². The summed E-state index contributed by atoms with van der Waals surface area (Å²) in [6.45, 7) is 4.05. The molecule has 4 atom stereocenters. The molecule has 1 N–H and O–H groups in total. The van der Waals surface area contributed by atoms with Crippen LogP contribution < -0.4 is 5.32 Å². The Kier molecular flexibility index (Phi) is 5.04. The van der Waals surface area contributed by atoms with Gasteiger partial charge < -0.3 is 5.32 Å². The van der Waals surface area contributed by atoms with Crippen LogP contribution in [0.5, 0.6) is 0 Å². The summed E-state index contributed by atoms with van der Waals surface area (Å²) in [5.41, 5.74) is 2.31. The molecule has 0 unspecified atom stereocenters. The van der Waals surface area contributed by atoms with E-state index < -0.39 is 0 Å². The molecule has 23 heavy (non-hydrogen) atoms. The lowest BCUT2D eigenvalue weighted by Gasteiger charge is -2.39. The fraction of sp³-hybridized carbons (Fsp3) is 0.316. The van der Waals surface area contributed by atoms with E-state index in [1.807, 2.05) is 38.1 Å². The van der Waals surface area contributed by atoms with Crippen LogP contribution in [0.4, 0.5) is 0 Å². The van der Waals surface area contributed by atoms with Crippen molar-refractivity contribution in [3.05, 3.63) is 68.6 Å². The minimum Gasteiger partial charge on any atom is -0.302 e. The second-order valence-corrected chi connectivity index (χ2v) is 8.04. The molecule has 0 aromatic heterocycles. The van der Waals surface area contributed by atoms with Gasteiger partial charge in [0.2, 0.25) is 0 Å². The topological polar surface area (TPSA) is 29.1 Å². The first-order chi connectivity index (χ1) is 11.0. The van der Waals surface area contributed by atoms with Crippen LogP contribution >= 0.6 is 31.9 Å². The van der Waals surface area contributed by atoms with Crippen molar-refractivity contribution in [2.45, 2.75) is 25.9 Å². The Morgan fingerprint density at radius 2 is 1.09 bits per heavy atom. The average molecular weight is 437 g/mol. The maximum atomic E-state index is 12.8. The summed E-state index contributed by atoms with van der Waals surface area (Å²) < 4.78 is 2.10. The molecule has 4 heteroatoms. The van der Waals surface area contributed by atoms with Crippen LogP contribution in [-0.4, -0.2) is 5.78 Å². The van der Waals surface area contributed by atoms with Gasteiger partial charge in [-0.3, -0.25) is 4.79 Å². The summed E-state index contributed by atoms with van der Waals surface area (Å²) in [5, 5.41) is 3.70. The number of hydrogen-bond donors (Lipinski definition) is 1. The second-order valence-electron chi connectivity index (χ2n) is 6.20. The molecule has 0 amide bonds. The molecular formula is C19H19Br2NO. The van der Waals surface area contributed by atoms with Crippen molar-refractivity contribution in [2.24, 2.45) is 11.8 Å². The van der Waals surface area contributed by atoms with E-state index in [9.17, 15) is 4.79 Å². The van der Waals surface area contributed by atoms with Gasteiger partial charge in [-0.25, -0.2) is 0 Å². The van der Waals surface area contributed by atoms with Crippen molar-refractivity contribution < 1.29 is 4.79 Å². The van der Waals surface area contributed by atoms with Gasteiger partial charge in [0, 0.05) is 32.9 Å². The molecule has 120 valence electrons. The van der Waals surface area contributed by atoms with E-state index >= 15 is 0 Å². The van der Waals surface area contributed by atoms with Crippen molar-refractivity contribution in [2.75, 3.05) is 0 Å². The van der Waals surface area contributed by atoms with Gasteiger partial charge in [-0.15, -0.1) is 0 Å². The van der Waals surface area contributed by atoms with Gasteiger partial charge in [0.05, 0.1) is 0 Å². The van der Waals surface area contributed by atoms with E-state index in [2.05, 4.69) is 61.4 Å². The molecule has 1 heterocycles. The minimum absolute atomic E-state index is 0.0297. The van der Waals surface area contributed by atoms with Crippen molar-refractivity contribution in [1.29, 1.82) is 0 Å². The summed E-state index contributed by atoms with van der Waals surface area (Å²) in [4.78, 5) is 12.8. The molecule has 1 aliphatic rings. The van der Waals surface area contributed by atoms with Crippen molar-refractivity contribution >= 4 is 37.6 Å². The van der Waals surface area contributed by atoms with Crippen LogP contribution in [0.1, 0.15) is 37.1 Å². The number of carbonyl (C=O) groups is 1. The van der Waals surface area contributed by atoms with E-state index in [-0.39, 0.29) is 23.9 Å². The van der Waals surface area contributed by atoms with Gasteiger partial charge in [-0.1, -0.05) is 70.0 Å². The zero-order valence-corrected chi connectivity index (χ0v) is 16.3. The first kappa shape index (κ1) is 16.9. The maximum Gasteiger partial charge on any atom is 0.142 e. The largest absolute Gasteiger partial charge is 0.302 e. The van der Waals surface area contributed by atoms with Crippen LogP contribution in [0.3, 0.4) is 0 Å². The van der Waals surface area contributed by atoms with Gasteiger partial charge in [0.15, 0.2) is 0 Å². The van der Waals surface area contributed by atoms with Crippen LogP contribution in [0.2, 0.25) is 0 Å². The molecule has 2 nitrogen and oxygen atoms in total. The summed E-state index contributed by atoms with van der Waals surface area (Å²) in [6, 6.07) is 16.5. The molecule has 1 fully saturated rings. The number of halogens is 2. The first-order valence-electron chi connectivity index (χ1n) is 7.78. The molecule has 0 radical (unpaired) electrons. The van der Waals surface area contributed by atoms with Crippen LogP contribution in [0, 0.1) is 11.8 Å². The third-order valence-corrected chi connectivity index (χ3v) is 5.77. The molecule has 1 saturated heterocycles. The Morgan fingerprint density at radius 1 is 0.739 bits per heavy atom. The average Bonchev–Trinajstić information content (AvgIpc) is 2.55. The molecule has 0 saturated carbocycles. The van der Waals surface area contributed by atoms with E-state index in [4.69, 9.17) is 0 Å². The Morgan fingerprint density at radius 3 is 1.43 bits per heavy atom. The lowest BCUT2D eigenvalue weighted by Crippen LogP contribution is -2.46. The Hall–Kier alpha value is -0.970. The van der Waals surface area contributed by atoms with E-state index in [1.165, 1.54) is 0 Å². The van der Waals surface area contributed by atoms with Crippen LogP contribution in [-0.2, 0) is 4.79 Å². The molecule has 0 aliphatic carbocycles. The maximum absolute atomic E-state index is 12.8. The Labute approximate surface area is 153 Å². The summed E-state index contributed by atoms with van der Waals surface area (Å²) >= 11 is 6.94. The fourth-order valence-electron chi connectivity index (χ4n) is 3.34. The third kappa shape index (κ3) is 3.44. The highest BCUT2D eigenvalue weighted by molar-refractivity contribution is 9.10. The Balaban J connectivity index is 1.94. The fourth-order valence-corrected chi connectivity index (χ4v) is 3.86. The van der Waals surface area contributed by atoms with Crippen molar-refractivity contribution in [3.63, 3.8) is 0 Å². The molecule has 1 aliphatic heterocycles. The smallest absolute Gasteiger partial charge is 0.142 e. The molecule has 0 spiro atoms. The van der Waals surface area contributed by atoms with Crippen molar-refractivity contribution in [3.8, 4) is 0 Å². The molecular weight excluding hydrogens is 418 g/mol. The quantitative estimate of drug-likeness (QED) is 0.679. The van der Waals surface area contributed by atoms with E-state index in [1.54, 1.807) is 0 Å². The number of nitrogens with one attached hydrogen (secondary N) is 1. The zero-order chi connectivity index (χ0) is 16.6. The zero-order valence-electron chi connectivity index (χ0n) is 13.1. The molecule has 3 rings (SSSR count). The monoisotopic (exact) mass is 435 g/mol. The predicted octanol–water partition coefficient (Wildman–Crippen LogP) is 5.44. The van der Waals surface area contributed by atoms with Gasteiger partial charge in [-0.05, 0) is 35.4 Å². The number of rotatable bonds is 2. The highest BCUT2D eigenvalue weighted by Gasteiger charge is 2.39. The van der Waals surface area contributed by atoms with E-state index in [0.717, 1.165) is 20.1 Å². The number of Topliss-reactive ketones (excluding diaryl/α,β-unsaturated/α-hetero) is 1. The highest BCUT2D eigenvalue weighted by Crippen LogP contribution is 2.38. The lowest BCUT2D eigenvalue weighted by molar-refractivity contribution is -0.130. The van der Waals surface area contributed by atoms with Crippen molar-refractivity contribution in [1.82, 2.24) is 5.32 Å². The van der Waals surface area contributed by atoms with E-state index in [0.29, 0.717) is 5.78 Å². The number of piperidine rings is 1. The molecule has 0 bridgehead atoms. The second kappa shape index (κ2) is 6.88. The third-order valence-electron chi connectivity index (χ3n) is 4.71. The number of benzene rings is 2. The van der Waals surface area contributed by atoms with Gasteiger partial charge >= 0.3 is 0 Å². The van der Waals surface area contributed by atoms with Crippen LogP contribution in [0.25, 0.3) is 0 Å². The number of carbonyl (C=O) groups excluding carboxylic acids is 1. The summed E-state index contributed by atoms with van der Waals surface area (Å²) in [6.07, 6.45) is 0. The number of hydrogen-bond acceptors (Lipinski definition) is 2. The summed E-state index contributed by atoms with van der Waals surface area (Å²) in [7, 11) is 0. The predicted molar refractivity (Wildman–Crippen MR) is 100 cm³/mol. The minimum atomic E-state index is -0.0297. The van der Waals surface area contributed by atoms with Gasteiger partial charge in [0.1, 0.15) is 5.78 Å². The highest BCUT2D eigenvalue weighted by atomic mass is 79.9. The molecule has 2 aromatic rings. The summed E-state index contributed by atoms with van der Waals surface area (Å²) in [5.74, 6) is 0.264. The van der Waals surface area contributed by atoms with Gasteiger partial charge in [-0.2, -0.15) is 0 Å². The Bertz CT molecular complexity index is 637. The van der Waals surface area contributed by atoms with Crippen LogP contribution in [0.15, 0.2) is 57.5 Å². The lowest BCUT2D eigenvalue weighted by atomic mass is 9.76. The number of ketones is 1. The normalized spacial score (nSPS) is 27.9.